The van der Waals surface area contributed by atoms with E-state index in [2.05, 4.69) is 0 Å². The molecule has 1 rings (SSSR count). The molecule has 0 aromatic rings. The maximum atomic E-state index is 11.5. The first-order chi connectivity index (χ1) is 6.85. The van der Waals surface area contributed by atoms with E-state index >= 15 is 0 Å². The second-order valence-corrected chi connectivity index (χ2v) is 5.16. The van der Waals surface area contributed by atoms with Crippen molar-refractivity contribution in [3.8, 4) is 0 Å². The first-order valence-electron chi connectivity index (χ1n) is 5.61. The number of carboxylic acid groups (broad SMARTS) is 1. The predicted octanol–water partition coefficient (Wildman–Crippen LogP) is 2.64. The van der Waals surface area contributed by atoms with Crippen molar-refractivity contribution in [1.82, 2.24) is 0 Å². The number of Topliss-reactive ketones (excluding diaryl/α,β-unsaturated/α-hetero) is 1. The summed E-state index contributed by atoms with van der Waals surface area (Å²) < 4.78 is 0. The molecule has 0 spiro atoms. The van der Waals surface area contributed by atoms with Gasteiger partial charge in [0, 0.05) is 12.8 Å². The molecule has 0 aromatic carbocycles. The number of aliphatic carboxylic acids is 1. The summed E-state index contributed by atoms with van der Waals surface area (Å²) in [6.07, 6.45) is 2.68. The van der Waals surface area contributed by atoms with Crippen molar-refractivity contribution in [3.05, 3.63) is 0 Å². The zero-order valence-corrected chi connectivity index (χ0v) is 9.80. The van der Waals surface area contributed by atoms with Gasteiger partial charge in [0.1, 0.15) is 5.78 Å². The van der Waals surface area contributed by atoms with E-state index in [1.54, 1.807) is 0 Å². The maximum Gasteiger partial charge on any atom is 0.310 e. The van der Waals surface area contributed by atoms with E-state index in [1.807, 2.05) is 20.8 Å². The second-order valence-electron chi connectivity index (χ2n) is 5.16. The number of hydrogen-bond donors (Lipinski definition) is 1. The van der Waals surface area contributed by atoms with Crippen molar-refractivity contribution in [2.45, 2.75) is 52.9 Å². The number of carboxylic acids is 1. The normalized spacial score (nSPS) is 21.4. The summed E-state index contributed by atoms with van der Waals surface area (Å²) in [5, 5.41) is 9.43. The fraction of sp³-hybridized carbons (Fsp3) is 0.833. The Morgan fingerprint density at radius 3 is 2.20 bits per heavy atom. The van der Waals surface area contributed by atoms with Crippen LogP contribution in [0.5, 0.6) is 0 Å². The molecule has 1 fully saturated rings. The van der Waals surface area contributed by atoms with Crippen LogP contribution in [0.15, 0.2) is 0 Å². The number of carbonyl (C=O) groups is 2. The zero-order valence-electron chi connectivity index (χ0n) is 9.80. The third kappa shape index (κ3) is 1.92. The van der Waals surface area contributed by atoms with Crippen molar-refractivity contribution in [1.29, 1.82) is 0 Å². The first-order valence-corrected chi connectivity index (χ1v) is 5.61. The molecule has 0 heterocycles. The largest absolute Gasteiger partial charge is 0.481 e. The molecule has 1 N–H and O–H groups in total. The lowest BCUT2D eigenvalue weighted by Crippen LogP contribution is -2.47. The summed E-state index contributed by atoms with van der Waals surface area (Å²) >= 11 is 0. The number of rotatable bonds is 3. The van der Waals surface area contributed by atoms with Crippen LogP contribution in [0.2, 0.25) is 0 Å². The highest BCUT2D eigenvalue weighted by atomic mass is 16.4. The SMILES string of the molecule is CCC(C)(C)C1(C(=O)O)CCC(=O)CC1. The minimum Gasteiger partial charge on any atom is -0.481 e. The van der Waals surface area contributed by atoms with Gasteiger partial charge in [-0.25, -0.2) is 0 Å². The Kier molecular flexibility index (Phi) is 3.22. The summed E-state index contributed by atoms with van der Waals surface area (Å²) in [7, 11) is 0. The molecule has 0 amide bonds. The highest BCUT2D eigenvalue weighted by molar-refractivity contribution is 5.84. The molecule has 86 valence electrons. The van der Waals surface area contributed by atoms with Crippen LogP contribution in [0.1, 0.15) is 52.9 Å². The zero-order chi connectivity index (χ0) is 11.7. The van der Waals surface area contributed by atoms with Crippen molar-refractivity contribution in [2.75, 3.05) is 0 Å². The molecule has 15 heavy (non-hydrogen) atoms. The monoisotopic (exact) mass is 212 g/mol. The molecular weight excluding hydrogens is 192 g/mol. The van der Waals surface area contributed by atoms with Crippen molar-refractivity contribution in [2.24, 2.45) is 10.8 Å². The summed E-state index contributed by atoms with van der Waals surface area (Å²) in [6.45, 7) is 6.01. The molecule has 1 saturated carbocycles. The Morgan fingerprint density at radius 2 is 1.87 bits per heavy atom. The van der Waals surface area contributed by atoms with E-state index in [0.29, 0.717) is 25.7 Å². The van der Waals surface area contributed by atoms with Crippen molar-refractivity contribution < 1.29 is 14.7 Å². The van der Waals surface area contributed by atoms with E-state index in [-0.39, 0.29) is 11.2 Å². The number of carbonyl (C=O) groups excluding carboxylic acids is 1. The van der Waals surface area contributed by atoms with Gasteiger partial charge in [-0.3, -0.25) is 9.59 Å². The van der Waals surface area contributed by atoms with Gasteiger partial charge in [0.25, 0.3) is 0 Å². The van der Waals surface area contributed by atoms with Gasteiger partial charge in [-0.15, -0.1) is 0 Å². The molecule has 0 aliphatic heterocycles. The van der Waals surface area contributed by atoms with Gasteiger partial charge in [-0.2, -0.15) is 0 Å². The Balaban J connectivity index is 3.00. The Bertz CT molecular complexity index is 269. The summed E-state index contributed by atoms with van der Waals surface area (Å²) in [5.74, 6) is -0.527. The average molecular weight is 212 g/mol. The summed E-state index contributed by atoms with van der Waals surface area (Å²) in [4.78, 5) is 22.7. The van der Waals surface area contributed by atoms with E-state index in [1.165, 1.54) is 0 Å². The smallest absolute Gasteiger partial charge is 0.310 e. The molecule has 0 aromatic heterocycles. The molecule has 0 unspecified atom stereocenters. The lowest BCUT2D eigenvalue weighted by Gasteiger charge is -2.45. The fourth-order valence-corrected chi connectivity index (χ4v) is 2.47. The van der Waals surface area contributed by atoms with Crippen LogP contribution in [-0.2, 0) is 9.59 Å². The summed E-state index contributed by atoms with van der Waals surface area (Å²) in [5.41, 5.74) is -0.935. The van der Waals surface area contributed by atoms with Crippen LogP contribution in [0.4, 0.5) is 0 Å². The van der Waals surface area contributed by atoms with Crippen LogP contribution < -0.4 is 0 Å². The standard InChI is InChI=1S/C12H20O3/c1-4-11(2,3)12(10(14)15)7-5-9(13)6-8-12/h4-8H2,1-3H3,(H,14,15). The third-order valence-corrected chi connectivity index (χ3v) is 4.25. The highest BCUT2D eigenvalue weighted by Crippen LogP contribution is 2.50. The van der Waals surface area contributed by atoms with E-state index in [0.717, 1.165) is 6.42 Å². The highest BCUT2D eigenvalue weighted by Gasteiger charge is 2.51. The maximum absolute atomic E-state index is 11.5. The molecule has 0 bridgehead atoms. The van der Waals surface area contributed by atoms with Crippen LogP contribution in [0.25, 0.3) is 0 Å². The van der Waals surface area contributed by atoms with Crippen LogP contribution >= 0.6 is 0 Å². The second kappa shape index (κ2) is 3.95. The Morgan fingerprint density at radius 1 is 1.40 bits per heavy atom. The lowest BCUT2D eigenvalue weighted by molar-refractivity contribution is -0.161. The van der Waals surface area contributed by atoms with E-state index in [4.69, 9.17) is 0 Å². The molecule has 1 aliphatic rings. The van der Waals surface area contributed by atoms with Gasteiger partial charge < -0.3 is 5.11 Å². The van der Waals surface area contributed by atoms with Crippen molar-refractivity contribution in [3.63, 3.8) is 0 Å². The summed E-state index contributed by atoms with van der Waals surface area (Å²) in [6, 6.07) is 0. The molecular formula is C12H20O3. The average Bonchev–Trinajstić information content (AvgIpc) is 2.18. The van der Waals surface area contributed by atoms with Gasteiger partial charge in [0.2, 0.25) is 0 Å². The lowest BCUT2D eigenvalue weighted by atomic mass is 9.57. The van der Waals surface area contributed by atoms with Gasteiger partial charge >= 0.3 is 5.97 Å². The van der Waals surface area contributed by atoms with E-state index < -0.39 is 11.4 Å². The third-order valence-electron chi connectivity index (χ3n) is 4.25. The predicted molar refractivity (Wildman–Crippen MR) is 57.6 cm³/mol. The van der Waals surface area contributed by atoms with Gasteiger partial charge in [-0.1, -0.05) is 20.8 Å². The molecule has 3 heteroatoms. The topological polar surface area (TPSA) is 54.4 Å². The van der Waals surface area contributed by atoms with Gasteiger partial charge in [0.15, 0.2) is 0 Å². The number of ketones is 1. The minimum atomic E-state index is -0.734. The quantitative estimate of drug-likeness (QED) is 0.782. The molecule has 0 radical (unpaired) electrons. The fourth-order valence-electron chi connectivity index (χ4n) is 2.47. The minimum absolute atomic E-state index is 0.207. The molecule has 1 aliphatic carbocycles. The van der Waals surface area contributed by atoms with Crippen molar-refractivity contribution >= 4 is 11.8 Å². The van der Waals surface area contributed by atoms with Crippen LogP contribution in [-0.4, -0.2) is 16.9 Å². The number of hydrogen-bond acceptors (Lipinski definition) is 2. The Labute approximate surface area is 90.9 Å². The van der Waals surface area contributed by atoms with Crippen LogP contribution in [0.3, 0.4) is 0 Å². The molecule has 0 saturated heterocycles. The van der Waals surface area contributed by atoms with E-state index in [9.17, 15) is 14.7 Å². The molecule has 0 atom stereocenters. The van der Waals surface area contributed by atoms with Gasteiger partial charge in [0.05, 0.1) is 5.41 Å². The molecule has 3 nitrogen and oxygen atoms in total. The van der Waals surface area contributed by atoms with Gasteiger partial charge in [-0.05, 0) is 24.7 Å². The Hall–Kier alpha value is -0.860. The first kappa shape index (κ1) is 12.2. The van der Waals surface area contributed by atoms with Crippen LogP contribution in [0, 0.1) is 10.8 Å².